The zero-order valence-corrected chi connectivity index (χ0v) is 11.8. The quantitative estimate of drug-likeness (QED) is 0.743. The fraction of sp³-hybridized carbons (Fsp3) is 0.923. The van der Waals surface area contributed by atoms with Gasteiger partial charge in [0.1, 0.15) is 0 Å². The number of nitrogens with zero attached hydrogens (tertiary/aromatic N) is 2. The van der Waals surface area contributed by atoms with Crippen LogP contribution in [0.15, 0.2) is 0 Å². The summed E-state index contributed by atoms with van der Waals surface area (Å²) in [6.45, 7) is 9.36. The highest BCUT2D eigenvalue weighted by atomic mass is 16.5. The summed E-state index contributed by atoms with van der Waals surface area (Å²) in [4.78, 5) is 16.2. The van der Waals surface area contributed by atoms with Crippen LogP contribution in [0.3, 0.4) is 0 Å². The molecule has 1 atom stereocenters. The minimum atomic E-state index is 0.0436. The van der Waals surface area contributed by atoms with E-state index >= 15 is 0 Å². The molecule has 0 aromatic heterocycles. The Morgan fingerprint density at radius 1 is 1.35 bits per heavy atom. The van der Waals surface area contributed by atoms with E-state index in [1.165, 1.54) is 0 Å². The molecular formula is C13H26N2O2. The monoisotopic (exact) mass is 242 g/mol. The molecule has 0 aromatic carbocycles. The van der Waals surface area contributed by atoms with E-state index in [0.717, 1.165) is 13.1 Å². The molecule has 1 aliphatic rings. The summed E-state index contributed by atoms with van der Waals surface area (Å²) >= 11 is 0. The Bertz CT molecular complexity index is 258. The molecule has 0 radical (unpaired) electrons. The Morgan fingerprint density at radius 3 is 2.35 bits per heavy atom. The smallest absolute Gasteiger partial charge is 0.223 e. The SMILES string of the molecule is CC(CC(=O)N1CCOCC1)C(C)(C)N(C)C. The van der Waals surface area contributed by atoms with Crippen LogP contribution in [0.1, 0.15) is 27.2 Å². The molecule has 4 nitrogen and oxygen atoms in total. The largest absolute Gasteiger partial charge is 0.378 e. The van der Waals surface area contributed by atoms with Crippen molar-refractivity contribution in [1.82, 2.24) is 9.80 Å². The van der Waals surface area contributed by atoms with Crippen LogP contribution in [0, 0.1) is 5.92 Å². The molecule has 4 heteroatoms. The van der Waals surface area contributed by atoms with E-state index in [9.17, 15) is 4.79 Å². The van der Waals surface area contributed by atoms with Gasteiger partial charge in [-0.3, -0.25) is 4.79 Å². The summed E-state index contributed by atoms with van der Waals surface area (Å²) in [5.74, 6) is 0.601. The van der Waals surface area contributed by atoms with E-state index in [4.69, 9.17) is 4.74 Å². The van der Waals surface area contributed by atoms with Gasteiger partial charge in [0.25, 0.3) is 0 Å². The average Bonchev–Trinajstić information content (AvgIpc) is 2.29. The van der Waals surface area contributed by atoms with Crippen molar-refractivity contribution in [2.75, 3.05) is 40.4 Å². The number of morpholine rings is 1. The number of hydrogen-bond donors (Lipinski definition) is 0. The molecule has 1 amide bonds. The van der Waals surface area contributed by atoms with Crippen molar-refractivity contribution in [3.8, 4) is 0 Å². The first-order valence-electron chi connectivity index (χ1n) is 6.38. The molecule has 1 heterocycles. The van der Waals surface area contributed by atoms with Gasteiger partial charge in [-0.1, -0.05) is 6.92 Å². The van der Waals surface area contributed by atoms with Gasteiger partial charge in [0.2, 0.25) is 5.91 Å². The van der Waals surface area contributed by atoms with Gasteiger partial charge in [0, 0.05) is 25.0 Å². The molecule has 1 rings (SSSR count). The Balaban J connectivity index is 2.50. The van der Waals surface area contributed by atoms with Gasteiger partial charge in [-0.2, -0.15) is 0 Å². The van der Waals surface area contributed by atoms with Crippen molar-refractivity contribution in [2.24, 2.45) is 5.92 Å². The maximum atomic E-state index is 12.1. The predicted octanol–water partition coefficient (Wildman–Crippen LogP) is 1.21. The molecule has 0 N–H and O–H groups in total. The van der Waals surface area contributed by atoms with E-state index < -0.39 is 0 Å². The molecule has 17 heavy (non-hydrogen) atoms. The van der Waals surface area contributed by atoms with Gasteiger partial charge in [-0.25, -0.2) is 0 Å². The summed E-state index contributed by atoms with van der Waals surface area (Å²) in [6.07, 6.45) is 0.616. The van der Waals surface area contributed by atoms with E-state index in [2.05, 4.69) is 39.8 Å². The molecule has 0 aromatic rings. The van der Waals surface area contributed by atoms with Crippen molar-refractivity contribution in [3.63, 3.8) is 0 Å². The van der Waals surface area contributed by atoms with Gasteiger partial charge in [-0.15, -0.1) is 0 Å². The summed E-state index contributed by atoms with van der Waals surface area (Å²) in [5.41, 5.74) is 0.0436. The lowest BCUT2D eigenvalue weighted by Gasteiger charge is -2.39. The molecule has 100 valence electrons. The Kier molecular flexibility index (Phi) is 4.95. The lowest BCUT2D eigenvalue weighted by molar-refractivity contribution is -0.137. The van der Waals surface area contributed by atoms with Crippen LogP contribution in [-0.4, -0.2) is 61.6 Å². The normalized spacial score (nSPS) is 19.5. The van der Waals surface area contributed by atoms with Crippen LogP contribution in [-0.2, 0) is 9.53 Å². The van der Waals surface area contributed by atoms with Gasteiger partial charge >= 0.3 is 0 Å². The minimum Gasteiger partial charge on any atom is -0.378 e. The van der Waals surface area contributed by atoms with Gasteiger partial charge in [-0.05, 0) is 33.9 Å². The third-order valence-corrected chi connectivity index (χ3v) is 4.20. The highest BCUT2D eigenvalue weighted by Gasteiger charge is 2.31. The van der Waals surface area contributed by atoms with Crippen molar-refractivity contribution < 1.29 is 9.53 Å². The second kappa shape index (κ2) is 5.83. The fourth-order valence-corrected chi connectivity index (χ4v) is 1.89. The van der Waals surface area contributed by atoms with Gasteiger partial charge in [0.05, 0.1) is 13.2 Å². The molecule has 0 spiro atoms. The van der Waals surface area contributed by atoms with Crippen LogP contribution in [0.25, 0.3) is 0 Å². The Morgan fingerprint density at radius 2 is 1.88 bits per heavy atom. The lowest BCUT2D eigenvalue weighted by atomic mass is 9.85. The van der Waals surface area contributed by atoms with E-state index in [1.807, 2.05) is 4.90 Å². The number of carbonyl (C=O) groups is 1. The summed E-state index contributed by atoms with van der Waals surface area (Å²) in [6, 6.07) is 0. The summed E-state index contributed by atoms with van der Waals surface area (Å²) < 4.78 is 5.26. The molecule has 0 bridgehead atoms. The highest BCUT2D eigenvalue weighted by Crippen LogP contribution is 2.25. The number of ether oxygens (including phenoxy) is 1. The molecule has 0 aliphatic carbocycles. The first kappa shape index (κ1) is 14.5. The number of rotatable bonds is 4. The lowest BCUT2D eigenvalue weighted by Crippen LogP contribution is -2.47. The zero-order chi connectivity index (χ0) is 13.1. The Labute approximate surface area is 105 Å². The van der Waals surface area contributed by atoms with Crippen molar-refractivity contribution in [1.29, 1.82) is 0 Å². The second-order valence-electron chi connectivity index (χ2n) is 5.65. The van der Waals surface area contributed by atoms with E-state index in [0.29, 0.717) is 25.6 Å². The molecule has 1 fully saturated rings. The third kappa shape index (κ3) is 3.68. The van der Waals surface area contributed by atoms with Crippen molar-refractivity contribution in [3.05, 3.63) is 0 Å². The van der Waals surface area contributed by atoms with E-state index in [-0.39, 0.29) is 11.4 Å². The number of amides is 1. The fourth-order valence-electron chi connectivity index (χ4n) is 1.89. The second-order valence-corrected chi connectivity index (χ2v) is 5.65. The van der Waals surface area contributed by atoms with Gasteiger partial charge in [0.15, 0.2) is 0 Å². The maximum Gasteiger partial charge on any atom is 0.223 e. The van der Waals surface area contributed by atoms with Crippen molar-refractivity contribution >= 4 is 5.91 Å². The van der Waals surface area contributed by atoms with Crippen LogP contribution < -0.4 is 0 Å². The number of carbonyl (C=O) groups excluding carboxylic acids is 1. The van der Waals surface area contributed by atoms with Crippen LogP contribution in [0.4, 0.5) is 0 Å². The van der Waals surface area contributed by atoms with E-state index in [1.54, 1.807) is 0 Å². The molecule has 1 saturated heterocycles. The standard InChI is InChI=1S/C13H26N2O2/c1-11(13(2,3)14(4)5)10-12(16)15-6-8-17-9-7-15/h11H,6-10H2,1-5H3. The molecular weight excluding hydrogens is 216 g/mol. The molecule has 1 aliphatic heterocycles. The highest BCUT2D eigenvalue weighted by molar-refractivity contribution is 5.76. The topological polar surface area (TPSA) is 32.8 Å². The van der Waals surface area contributed by atoms with Crippen LogP contribution in [0.2, 0.25) is 0 Å². The first-order chi connectivity index (χ1) is 7.85. The average molecular weight is 242 g/mol. The van der Waals surface area contributed by atoms with Crippen LogP contribution >= 0.6 is 0 Å². The first-order valence-corrected chi connectivity index (χ1v) is 6.38. The zero-order valence-electron chi connectivity index (χ0n) is 11.8. The third-order valence-electron chi connectivity index (χ3n) is 4.20. The molecule has 0 saturated carbocycles. The molecule has 1 unspecified atom stereocenters. The van der Waals surface area contributed by atoms with Gasteiger partial charge < -0.3 is 14.5 Å². The number of hydrogen-bond acceptors (Lipinski definition) is 3. The van der Waals surface area contributed by atoms with Crippen LogP contribution in [0.5, 0.6) is 0 Å². The summed E-state index contributed by atoms with van der Waals surface area (Å²) in [5, 5.41) is 0. The summed E-state index contributed by atoms with van der Waals surface area (Å²) in [7, 11) is 4.13. The minimum absolute atomic E-state index is 0.0436. The Hall–Kier alpha value is -0.610. The maximum absolute atomic E-state index is 12.1. The predicted molar refractivity (Wildman–Crippen MR) is 68.9 cm³/mol. The van der Waals surface area contributed by atoms with Crippen molar-refractivity contribution in [2.45, 2.75) is 32.7 Å².